The lowest BCUT2D eigenvalue weighted by Crippen LogP contribution is -2.20. The van der Waals surface area contributed by atoms with Crippen molar-refractivity contribution in [1.29, 1.82) is 0 Å². The highest BCUT2D eigenvalue weighted by Crippen LogP contribution is 2.38. The van der Waals surface area contributed by atoms with Crippen LogP contribution >= 0.6 is 11.6 Å². The van der Waals surface area contributed by atoms with Crippen LogP contribution in [0.5, 0.6) is 0 Å². The van der Waals surface area contributed by atoms with E-state index in [1.807, 2.05) is 0 Å². The first-order valence-corrected chi connectivity index (χ1v) is 10.2. The van der Waals surface area contributed by atoms with E-state index in [1.54, 1.807) is 6.07 Å². The third kappa shape index (κ3) is 4.71. The summed E-state index contributed by atoms with van der Waals surface area (Å²) in [7, 11) is 0. The molecule has 0 radical (unpaired) electrons. The van der Waals surface area contributed by atoms with Crippen LogP contribution in [0.3, 0.4) is 0 Å². The van der Waals surface area contributed by atoms with Crippen LogP contribution in [-0.4, -0.2) is 11.1 Å². The lowest BCUT2D eigenvalue weighted by Gasteiger charge is -2.16. The van der Waals surface area contributed by atoms with Gasteiger partial charge in [-0.15, -0.1) is 0 Å². The van der Waals surface area contributed by atoms with E-state index in [4.69, 9.17) is 16.1 Å². The molecule has 3 aromatic rings. The molecule has 0 saturated carbocycles. The van der Waals surface area contributed by atoms with E-state index in [1.165, 1.54) is 12.1 Å². The van der Waals surface area contributed by atoms with Crippen LogP contribution in [0.1, 0.15) is 45.6 Å². The summed E-state index contributed by atoms with van der Waals surface area (Å²) in [6.07, 6.45) is -6.57. The molecular formula is C22H15ClF6N2O2. The molecule has 0 spiro atoms. The summed E-state index contributed by atoms with van der Waals surface area (Å²) in [5.41, 5.74) is -1.93. The molecule has 1 N–H and O–H groups in total. The molecule has 1 aromatic heterocycles. The molecule has 0 saturated heterocycles. The molecule has 2 aromatic carbocycles. The number of amides is 1. The number of aromatic nitrogens is 1. The number of rotatable bonds is 3. The topological polar surface area (TPSA) is 55.1 Å². The van der Waals surface area contributed by atoms with Crippen molar-refractivity contribution in [2.75, 3.05) is 5.32 Å². The molecule has 0 unspecified atom stereocenters. The van der Waals surface area contributed by atoms with Crippen LogP contribution in [0, 0.1) is 0 Å². The Morgan fingerprint density at radius 1 is 0.970 bits per heavy atom. The number of hydrogen-bond donors (Lipinski definition) is 1. The van der Waals surface area contributed by atoms with Crippen molar-refractivity contribution >= 4 is 23.2 Å². The highest BCUT2D eigenvalue weighted by molar-refractivity contribution is 6.34. The van der Waals surface area contributed by atoms with Gasteiger partial charge in [0.05, 0.1) is 33.1 Å². The van der Waals surface area contributed by atoms with E-state index in [-0.39, 0.29) is 28.9 Å². The van der Waals surface area contributed by atoms with Gasteiger partial charge in [0, 0.05) is 11.1 Å². The average molecular weight is 489 g/mol. The van der Waals surface area contributed by atoms with E-state index >= 15 is 0 Å². The molecule has 4 rings (SSSR count). The van der Waals surface area contributed by atoms with Gasteiger partial charge in [0.25, 0.3) is 5.91 Å². The number of halogens is 7. The van der Waals surface area contributed by atoms with Gasteiger partial charge in [0.2, 0.25) is 0 Å². The van der Waals surface area contributed by atoms with Gasteiger partial charge < -0.3 is 9.84 Å². The Labute approximate surface area is 188 Å². The normalized spacial score (nSPS) is 14.2. The summed E-state index contributed by atoms with van der Waals surface area (Å²) in [6.45, 7) is 0. The lowest BCUT2D eigenvalue weighted by atomic mass is 9.94. The molecule has 11 heteroatoms. The standard InChI is InChI=1S/C22H15ClF6N2O2/c23-16-8-5-11(19-13-3-1-2-4-17(13)31-33-19)9-18(16)30-20(32)14-10-12(21(24,25)26)6-7-15(14)22(27,28)29/h5-10H,1-4H2,(H,30,32). The number of carbonyl (C=O) groups excluding carboxylic acids is 1. The van der Waals surface area contributed by atoms with Gasteiger partial charge in [-0.2, -0.15) is 26.3 Å². The molecule has 0 bridgehead atoms. The van der Waals surface area contributed by atoms with E-state index < -0.39 is 35.0 Å². The number of fused-ring (bicyclic) bond motifs is 1. The van der Waals surface area contributed by atoms with Gasteiger partial charge in [-0.25, -0.2) is 0 Å². The SMILES string of the molecule is O=C(Nc1cc(-c2onc3c2CCCC3)ccc1Cl)c1cc(C(F)(F)F)ccc1C(F)(F)F. The first kappa shape index (κ1) is 23.2. The first-order valence-electron chi connectivity index (χ1n) is 9.82. The van der Waals surface area contributed by atoms with Crippen molar-refractivity contribution < 1.29 is 35.7 Å². The summed E-state index contributed by atoms with van der Waals surface area (Å²) < 4.78 is 84.6. The van der Waals surface area contributed by atoms with Crippen molar-refractivity contribution in [2.45, 2.75) is 38.0 Å². The number of anilines is 1. The largest absolute Gasteiger partial charge is 0.417 e. The fourth-order valence-corrected chi connectivity index (χ4v) is 3.89. The van der Waals surface area contributed by atoms with E-state index in [9.17, 15) is 31.1 Å². The maximum Gasteiger partial charge on any atom is 0.417 e. The van der Waals surface area contributed by atoms with Crippen molar-refractivity contribution in [3.8, 4) is 11.3 Å². The Kier molecular flexibility index (Phi) is 5.90. The average Bonchev–Trinajstić information content (AvgIpc) is 3.18. The molecule has 0 atom stereocenters. The van der Waals surface area contributed by atoms with Gasteiger partial charge in [0.15, 0.2) is 5.76 Å². The molecule has 0 fully saturated rings. The Morgan fingerprint density at radius 3 is 2.39 bits per heavy atom. The van der Waals surface area contributed by atoms with Crippen LogP contribution in [-0.2, 0) is 25.2 Å². The van der Waals surface area contributed by atoms with Crippen LogP contribution in [0.25, 0.3) is 11.3 Å². The smallest absolute Gasteiger partial charge is 0.356 e. The Balaban J connectivity index is 1.71. The number of carbonyl (C=O) groups is 1. The molecule has 174 valence electrons. The van der Waals surface area contributed by atoms with Crippen LogP contribution in [0.15, 0.2) is 40.9 Å². The molecule has 1 amide bonds. The molecule has 33 heavy (non-hydrogen) atoms. The molecule has 1 heterocycles. The van der Waals surface area contributed by atoms with Crippen molar-refractivity contribution in [1.82, 2.24) is 5.16 Å². The maximum absolute atomic E-state index is 13.4. The van der Waals surface area contributed by atoms with Crippen LogP contribution in [0.2, 0.25) is 5.02 Å². The van der Waals surface area contributed by atoms with Gasteiger partial charge in [0.1, 0.15) is 0 Å². The zero-order chi connectivity index (χ0) is 24.0. The minimum Gasteiger partial charge on any atom is -0.356 e. The first-order chi connectivity index (χ1) is 15.4. The van der Waals surface area contributed by atoms with Crippen LogP contribution < -0.4 is 5.32 Å². The van der Waals surface area contributed by atoms with Crippen molar-refractivity contribution in [3.05, 3.63) is 69.4 Å². The summed E-state index contributed by atoms with van der Waals surface area (Å²) >= 11 is 6.10. The molecule has 1 aliphatic carbocycles. The Hall–Kier alpha value is -3.01. The fraction of sp³-hybridized carbons (Fsp3) is 0.273. The second kappa shape index (κ2) is 8.40. The minimum atomic E-state index is -5.04. The Morgan fingerprint density at radius 2 is 1.70 bits per heavy atom. The zero-order valence-electron chi connectivity index (χ0n) is 16.7. The number of aryl methyl sites for hydroxylation is 1. The fourth-order valence-electron chi connectivity index (χ4n) is 3.73. The molecule has 0 aliphatic heterocycles. The Bertz CT molecular complexity index is 1220. The van der Waals surface area contributed by atoms with Crippen molar-refractivity contribution in [2.24, 2.45) is 0 Å². The van der Waals surface area contributed by atoms with Crippen LogP contribution in [0.4, 0.5) is 32.0 Å². The maximum atomic E-state index is 13.4. The number of nitrogens with one attached hydrogen (secondary N) is 1. The molecule has 1 aliphatic rings. The van der Waals surface area contributed by atoms with Gasteiger partial charge in [-0.3, -0.25) is 4.79 Å². The molecular weight excluding hydrogens is 474 g/mol. The molecule has 4 nitrogen and oxygen atoms in total. The summed E-state index contributed by atoms with van der Waals surface area (Å²) in [5.74, 6) is -0.931. The van der Waals surface area contributed by atoms with Gasteiger partial charge in [-0.05, 0) is 62.1 Å². The van der Waals surface area contributed by atoms with Gasteiger partial charge in [-0.1, -0.05) is 16.8 Å². The highest BCUT2D eigenvalue weighted by atomic mass is 35.5. The third-order valence-corrected chi connectivity index (χ3v) is 5.66. The predicted molar refractivity (Wildman–Crippen MR) is 108 cm³/mol. The van der Waals surface area contributed by atoms with E-state index in [0.717, 1.165) is 36.9 Å². The third-order valence-electron chi connectivity index (χ3n) is 5.33. The summed E-state index contributed by atoms with van der Waals surface area (Å²) in [4.78, 5) is 12.7. The minimum absolute atomic E-state index is 0.0129. The summed E-state index contributed by atoms with van der Waals surface area (Å²) in [6, 6.07) is 5.07. The monoisotopic (exact) mass is 488 g/mol. The number of nitrogens with zero attached hydrogens (tertiary/aromatic N) is 1. The quantitative estimate of drug-likeness (QED) is 0.398. The predicted octanol–water partition coefficient (Wildman–Crippen LogP) is 7.16. The zero-order valence-corrected chi connectivity index (χ0v) is 17.5. The second-order valence-corrected chi connectivity index (χ2v) is 7.96. The number of benzene rings is 2. The van der Waals surface area contributed by atoms with E-state index in [0.29, 0.717) is 11.3 Å². The van der Waals surface area contributed by atoms with Gasteiger partial charge >= 0.3 is 12.4 Å². The number of alkyl halides is 6. The second-order valence-electron chi connectivity index (χ2n) is 7.55. The van der Waals surface area contributed by atoms with E-state index in [2.05, 4.69) is 10.5 Å². The highest BCUT2D eigenvalue weighted by Gasteiger charge is 2.38. The summed E-state index contributed by atoms with van der Waals surface area (Å²) in [5, 5.41) is 6.22. The lowest BCUT2D eigenvalue weighted by molar-refractivity contribution is -0.141. The van der Waals surface area contributed by atoms with Crippen molar-refractivity contribution in [3.63, 3.8) is 0 Å². The number of hydrogen-bond acceptors (Lipinski definition) is 3.